The molecule has 98 valence electrons. The first-order chi connectivity index (χ1) is 8.97. The Hall–Kier alpha value is -0.860. The van der Waals surface area contributed by atoms with Crippen LogP contribution >= 0.6 is 50.1 Å². The lowest BCUT2D eigenvalue weighted by molar-refractivity contribution is 0.0697. The standard InChI is InChI=1S/C12H6BrClINO3/c13-9-4-7(19-11(9)15)5-16-6-1-2-10(14)8(3-6)12(17)18/h1-5H,(H,17,18). The average molecular weight is 454 g/mol. The second-order valence-corrected chi connectivity index (χ2v) is 5.74. The van der Waals surface area contributed by atoms with Gasteiger partial charge in [0.25, 0.3) is 0 Å². The molecule has 0 saturated heterocycles. The summed E-state index contributed by atoms with van der Waals surface area (Å²) < 4.78 is 6.95. The van der Waals surface area contributed by atoms with Crippen molar-refractivity contribution in [3.05, 3.63) is 48.9 Å². The SMILES string of the molecule is O=C(O)c1cc(N=Cc2cc(Br)c(I)o2)ccc1Cl. The zero-order chi connectivity index (χ0) is 14.0. The molecule has 0 aliphatic rings. The number of hydrogen-bond acceptors (Lipinski definition) is 3. The molecule has 1 heterocycles. The van der Waals surface area contributed by atoms with Crippen LogP contribution < -0.4 is 0 Å². The van der Waals surface area contributed by atoms with E-state index < -0.39 is 5.97 Å². The van der Waals surface area contributed by atoms with E-state index in [9.17, 15) is 4.79 Å². The van der Waals surface area contributed by atoms with Gasteiger partial charge < -0.3 is 9.52 Å². The lowest BCUT2D eigenvalue weighted by Gasteiger charge is -1.99. The number of carboxylic acid groups (broad SMARTS) is 1. The summed E-state index contributed by atoms with van der Waals surface area (Å²) in [6.07, 6.45) is 1.52. The summed E-state index contributed by atoms with van der Waals surface area (Å²) in [6.45, 7) is 0. The van der Waals surface area contributed by atoms with Gasteiger partial charge in [0.1, 0.15) is 5.76 Å². The maximum atomic E-state index is 10.9. The van der Waals surface area contributed by atoms with Crippen molar-refractivity contribution in [2.24, 2.45) is 4.99 Å². The van der Waals surface area contributed by atoms with Gasteiger partial charge >= 0.3 is 5.97 Å². The summed E-state index contributed by atoms with van der Waals surface area (Å²) >= 11 is 11.1. The molecule has 0 spiro atoms. The minimum Gasteiger partial charge on any atom is -0.478 e. The summed E-state index contributed by atoms with van der Waals surface area (Å²) in [7, 11) is 0. The molecule has 7 heteroatoms. The predicted octanol–water partition coefficient (Wildman–Crippen LogP) is 4.75. The maximum Gasteiger partial charge on any atom is 0.337 e. The lowest BCUT2D eigenvalue weighted by Crippen LogP contribution is -1.96. The van der Waals surface area contributed by atoms with Gasteiger partial charge in [-0.15, -0.1) is 0 Å². The summed E-state index contributed by atoms with van der Waals surface area (Å²) in [4.78, 5) is 15.1. The summed E-state index contributed by atoms with van der Waals surface area (Å²) in [5, 5.41) is 9.14. The van der Waals surface area contributed by atoms with Crippen molar-refractivity contribution >= 4 is 68.0 Å². The second kappa shape index (κ2) is 6.06. The molecule has 0 fully saturated rings. The molecule has 0 atom stereocenters. The van der Waals surface area contributed by atoms with Crippen molar-refractivity contribution in [2.75, 3.05) is 0 Å². The maximum absolute atomic E-state index is 10.9. The number of aliphatic imine (C=N–C) groups is 1. The van der Waals surface area contributed by atoms with Crippen LogP contribution in [0, 0.1) is 3.77 Å². The molecule has 0 unspecified atom stereocenters. The van der Waals surface area contributed by atoms with E-state index in [-0.39, 0.29) is 10.6 Å². The fourth-order valence-corrected chi connectivity index (χ4v) is 2.24. The Bertz CT molecular complexity index is 649. The number of hydrogen-bond donors (Lipinski definition) is 1. The zero-order valence-corrected chi connectivity index (χ0v) is 13.7. The van der Waals surface area contributed by atoms with Gasteiger partial charge in [-0.25, -0.2) is 4.79 Å². The van der Waals surface area contributed by atoms with E-state index in [0.717, 1.165) is 8.24 Å². The molecule has 0 bridgehead atoms. The summed E-state index contributed by atoms with van der Waals surface area (Å²) in [5.41, 5.74) is 0.510. The molecule has 4 nitrogen and oxygen atoms in total. The van der Waals surface area contributed by atoms with Crippen LogP contribution in [-0.4, -0.2) is 17.3 Å². The van der Waals surface area contributed by atoms with E-state index in [0.29, 0.717) is 11.4 Å². The first-order valence-electron chi connectivity index (χ1n) is 4.99. The van der Waals surface area contributed by atoms with E-state index in [1.807, 2.05) is 22.6 Å². The normalized spacial score (nSPS) is 11.1. The number of carbonyl (C=O) groups is 1. The highest BCUT2D eigenvalue weighted by Gasteiger charge is 2.09. The Morgan fingerprint density at radius 2 is 2.21 bits per heavy atom. The average Bonchev–Trinajstić information content (AvgIpc) is 2.67. The van der Waals surface area contributed by atoms with Gasteiger partial charge in [0, 0.05) is 28.7 Å². The Balaban J connectivity index is 2.28. The molecule has 0 saturated carbocycles. The first-order valence-corrected chi connectivity index (χ1v) is 7.24. The van der Waals surface area contributed by atoms with E-state index in [1.165, 1.54) is 18.3 Å². The van der Waals surface area contributed by atoms with Crippen molar-refractivity contribution in [1.82, 2.24) is 0 Å². The van der Waals surface area contributed by atoms with Gasteiger partial charge in [0.2, 0.25) is 0 Å². The van der Waals surface area contributed by atoms with E-state index in [2.05, 4.69) is 20.9 Å². The second-order valence-electron chi connectivity index (χ2n) is 3.50. The molecule has 1 aromatic heterocycles. The highest BCUT2D eigenvalue weighted by Crippen LogP contribution is 2.24. The van der Waals surface area contributed by atoms with E-state index in [4.69, 9.17) is 21.1 Å². The highest BCUT2D eigenvalue weighted by atomic mass is 127. The van der Waals surface area contributed by atoms with Crippen LogP contribution in [0.2, 0.25) is 5.02 Å². The monoisotopic (exact) mass is 453 g/mol. The first kappa shape index (κ1) is 14.5. The van der Waals surface area contributed by atoms with Gasteiger partial charge in [0.05, 0.1) is 27.0 Å². The molecule has 1 N–H and O–H groups in total. The molecule has 2 rings (SSSR count). The van der Waals surface area contributed by atoms with Crippen LogP contribution in [0.1, 0.15) is 16.1 Å². The van der Waals surface area contributed by atoms with Crippen molar-refractivity contribution in [3.8, 4) is 0 Å². The summed E-state index contributed by atoms with van der Waals surface area (Å²) in [5.74, 6) is -0.513. The molecule has 0 aliphatic carbocycles. The van der Waals surface area contributed by atoms with Crippen molar-refractivity contribution in [3.63, 3.8) is 0 Å². The number of nitrogens with zero attached hydrogens (tertiary/aromatic N) is 1. The Morgan fingerprint density at radius 3 is 2.79 bits per heavy atom. The topological polar surface area (TPSA) is 62.8 Å². The Kier molecular flexibility index (Phi) is 4.64. The van der Waals surface area contributed by atoms with Crippen LogP contribution in [0.3, 0.4) is 0 Å². The molecule has 0 aliphatic heterocycles. The minimum atomic E-state index is -1.09. The largest absolute Gasteiger partial charge is 0.478 e. The van der Waals surface area contributed by atoms with E-state index in [1.54, 1.807) is 12.1 Å². The van der Waals surface area contributed by atoms with Crippen molar-refractivity contribution in [1.29, 1.82) is 0 Å². The van der Waals surface area contributed by atoms with Crippen LogP contribution in [0.5, 0.6) is 0 Å². The molecular weight excluding hydrogens is 448 g/mol. The zero-order valence-electron chi connectivity index (χ0n) is 9.23. The van der Waals surface area contributed by atoms with Crippen LogP contribution in [0.25, 0.3) is 0 Å². The minimum absolute atomic E-state index is 0.0199. The Labute approximate surface area is 135 Å². The van der Waals surface area contributed by atoms with Gasteiger partial charge in [-0.05, 0) is 34.1 Å². The Morgan fingerprint density at radius 1 is 1.47 bits per heavy atom. The smallest absolute Gasteiger partial charge is 0.337 e. The number of carboxylic acids is 1. The van der Waals surface area contributed by atoms with Crippen molar-refractivity contribution < 1.29 is 14.3 Å². The fourth-order valence-electron chi connectivity index (χ4n) is 1.32. The molecule has 0 amide bonds. The van der Waals surface area contributed by atoms with Crippen LogP contribution in [-0.2, 0) is 0 Å². The molecule has 1 aromatic carbocycles. The number of rotatable bonds is 3. The van der Waals surface area contributed by atoms with Gasteiger partial charge in [-0.1, -0.05) is 11.6 Å². The third-order valence-corrected chi connectivity index (χ3v) is 4.65. The number of halogens is 3. The third kappa shape index (κ3) is 3.58. The van der Waals surface area contributed by atoms with Gasteiger partial charge in [-0.2, -0.15) is 0 Å². The quantitative estimate of drug-likeness (QED) is 0.538. The third-order valence-electron chi connectivity index (χ3n) is 2.19. The summed E-state index contributed by atoms with van der Waals surface area (Å²) in [6, 6.07) is 6.32. The number of furan rings is 1. The number of benzene rings is 1. The highest BCUT2D eigenvalue weighted by molar-refractivity contribution is 14.1. The van der Waals surface area contributed by atoms with E-state index >= 15 is 0 Å². The molecule has 19 heavy (non-hydrogen) atoms. The molecule has 2 aromatic rings. The van der Waals surface area contributed by atoms with Crippen molar-refractivity contribution in [2.45, 2.75) is 0 Å². The molecule has 0 radical (unpaired) electrons. The van der Waals surface area contributed by atoms with Crippen LogP contribution in [0.4, 0.5) is 5.69 Å². The fraction of sp³-hybridized carbons (Fsp3) is 0. The molecular formula is C12H6BrClINO3. The number of aromatic carboxylic acids is 1. The van der Waals surface area contributed by atoms with Crippen LogP contribution in [0.15, 0.2) is 38.1 Å². The lowest BCUT2D eigenvalue weighted by atomic mass is 10.2. The predicted molar refractivity (Wildman–Crippen MR) is 84.8 cm³/mol. The van der Waals surface area contributed by atoms with Gasteiger partial charge in [0.15, 0.2) is 3.77 Å². The van der Waals surface area contributed by atoms with Gasteiger partial charge in [-0.3, -0.25) is 4.99 Å².